The summed E-state index contributed by atoms with van der Waals surface area (Å²) in [5.74, 6) is -2.40. The molecule has 0 saturated carbocycles. The van der Waals surface area contributed by atoms with Crippen molar-refractivity contribution in [3.8, 4) is 0 Å². The Morgan fingerprint density at radius 2 is 1.40 bits per heavy atom. The molecule has 8 heteroatoms. The fraction of sp³-hybridized carbons (Fsp3) is 0.259. The van der Waals surface area contributed by atoms with Crippen molar-refractivity contribution in [1.29, 1.82) is 0 Å². The molecule has 0 unspecified atom stereocenters. The van der Waals surface area contributed by atoms with Crippen LogP contribution >= 0.6 is 0 Å². The number of ether oxygens (including phenoxy) is 2. The van der Waals surface area contributed by atoms with E-state index in [2.05, 4.69) is 0 Å². The van der Waals surface area contributed by atoms with Gasteiger partial charge in [0.25, 0.3) is 5.69 Å². The van der Waals surface area contributed by atoms with Gasteiger partial charge in [0.15, 0.2) is 6.29 Å². The van der Waals surface area contributed by atoms with Crippen LogP contribution in [0.5, 0.6) is 0 Å². The molecule has 2 bridgehead atoms. The van der Waals surface area contributed by atoms with Crippen LogP contribution in [0.1, 0.15) is 28.2 Å². The number of hydrogen-bond donors (Lipinski definition) is 0. The van der Waals surface area contributed by atoms with E-state index in [0.717, 1.165) is 22.3 Å². The summed E-state index contributed by atoms with van der Waals surface area (Å²) in [6.07, 6.45) is -0.827. The molecule has 8 nitrogen and oxygen atoms in total. The van der Waals surface area contributed by atoms with Crippen molar-refractivity contribution in [2.75, 3.05) is 19.1 Å². The van der Waals surface area contributed by atoms with E-state index in [0.29, 0.717) is 5.69 Å². The highest BCUT2D eigenvalue weighted by molar-refractivity contribution is 6.23. The number of hydrogen-bond acceptors (Lipinski definition) is 6. The van der Waals surface area contributed by atoms with Crippen molar-refractivity contribution >= 4 is 23.2 Å². The smallest absolute Gasteiger partial charge is 0.269 e. The molecule has 1 aliphatic heterocycles. The Balaban J connectivity index is 1.62. The molecule has 0 spiro atoms. The van der Waals surface area contributed by atoms with Crippen LogP contribution in [0, 0.1) is 22.0 Å². The first-order valence-electron chi connectivity index (χ1n) is 11.3. The number of carbonyl (C=O) groups excluding carboxylic acids is 2. The summed E-state index contributed by atoms with van der Waals surface area (Å²) in [7, 11) is 3.08. The lowest BCUT2D eigenvalue weighted by Gasteiger charge is -2.56. The van der Waals surface area contributed by atoms with E-state index in [4.69, 9.17) is 9.47 Å². The van der Waals surface area contributed by atoms with Crippen LogP contribution in [0.15, 0.2) is 72.8 Å². The number of methoxy groups -OCH3 is 2. The van der Waals surface area contributed by atoms with Gasteiger partial charge in [-0.05, 0) is 34.4 Å². The summed E-state index contributed by atoms with van der Waals surface area (Å²) in [5, 5.41) is 11.1. The monoisotopic (exact) mass is 470 g/mol. The SMILES string of the molecule is COC(OC)C12c3ccccc3C(c3ccccc31)[C@H]1C(=O)N(c3ccc([N+](=O)[O-])cc3)C(=O)[C@@H]12. The number of nitro benzene ring substituents is 1. The number of benzene rings is 3. The van der Waals surface area contributed by atoms with E-state index < -0.39 is 28.5 Å². The fourth-order valence-electron chi connectivity index (χ4n) is 6.68. The zero-order valence-electron chi connectivity index (χ0n) is 19.1. The molecule has 35 heavy (non-hydrogen) atoms. The van der Waals surface area contributed by atoms with Crippen molar-refractivity contribution in [2.24, 2.45) is 11.8 Å². The summed E-state index contributed by atoms with van der Waals surface area (Å²) in [4.78, 5) is 40.0. The second-order valence-corrected chi connectivity index (χ2v) is 9.11. The van der Waals surface area contributed by atoms with Crippen LogP contribution in [0.25, 0.3) is 0 Å². The second-order valence-electron chi connectivity index (χ2n) is 9.11. The van der Waals surface area contributed by atoms with Gasteiger partial charge in [0, 0.05) is 32.3 Å². The van der Waals surface area contributed by atoms with Crippen molar-refractivity contribution in [1.82, 2.24) is 0 Å². The van der Waals surface area contributed by atoms with Crippen LogP contribution in [0.2, 0.25) is 0 Å². The highest BCUT2D eigenvalue weighted by Crippen LogP contribution is 2.65. The first kappa shape index (κ1) is 21.6. The Hall–Kier alpha value is -3.88. The lowest BCUT2D eigenvalue weighted by Crippen LogP contribution is -2.60. The molecule has 176 valence electrons. The molecule has 1 fully saturated rings. The highest BCUT2D eigenvalue weighted by atomic mass is 16.7. The Labute approximate surface area is 201 Å². The van der Waals surface area contributed by atoms with E-state index in [1.165, 1.54) is 29.2 Å². The molecule has 7 rings (SSSR count). The van der Waals surface area contributed by atoms with Gasteiger partial charge in [-0.1, -0.05) is 48.5 Å². The average Bonchev–Trinajstić information content (AvgIpc) is 3.16. The van der Waals surface area contributed by atoms with E-state index in [9.17, 15) is 19.7 Å². The minimum Gasteiger partial charge on any atom is -0.355 e. The standard InChI is InChI=1S/C27H22N2O6/c1-34-26(35-2)27-19-9-5-3-7-17(19)21(18-8-4-6-10-20(18)27)22-23(27)25(31)28(24(22)30)15-11-13-16(14-12-15)29(32)33/h3-14,21-23,26H,1-2H3/t21?,22-,23-,27?/m1/s1. The van der Waals surface area contributed by atoms with Gasteiger partial charge in [0.2, 0.25) is 11.8 Å². The normalized spacial score (nSPS) is 26.0. The van der Waals surface area contributed by atoms with Crippen LogP contribution < -0.4 is 4.90 Å². The number of anilines is 1. The molecule has 0 aromatic heterocycles. The average molecular weight is 470 g/mol. The minimum absolute atomic E-state index is 0.111. The molecule has 2 amide bonds. The third kappa shape index (κ3) is 2.58. The van der Waals surface area contributed by atoms with Gasteiger partial charge in [0.05, 0.1) is 27.9 Å². The van der Waals surface area contributed by atoms with E-state index in [-0.39, 0.29) is 23.4 Å². The fourth-order valence-corrected chi connectivity index (χ4v) is 6.68. The first-order valence-corrected chi connectivity index (χ1v) is 11.3. The lowest BCUT2D eigenvalue weighted by atomic mass is 9.47. The summed E-state index contributed by atoms with van der Waals surface area (Å²) >= 11 is 0. The molecule has 0 radical (unpaired) electrons. The Bertz CT molecular complexity index is 1330. The number of imide groups is 1. The van der Waals surface area contributed by atoms with Gasteiger partial charge in [-0.15, -0.1) is 0 Å². The first-order chi connectivity index (χ1) is 17.0. The topological polar surface area (TPSA) is 99.0 Å². The Morgan fingerprint density at radius 3 is 1.91 bits per heavy atom. The van der Waals surface area contributed by atoms with Gasteiger partial charge >= 0.3 is 0 Å². The number of rotatable bonds is 5. The predicted octanol–water partition coefficient (Wildman–Crippen LogP) is 3.76. The van der Waals surface area contributed by atoms with E-state index in [1.54, 1.807) is 14.2 Å². The molecular weight excluding hydrogens is 448 g/mol. The van der Waals surface area contributed by atoms with Gasteiger partial charge in [-0.2, -0.15) is 0 Å². The highest BCUT2D eigenvalue weighted by Gasteiger charge is 2.71. The number of nitrogens with zero attached hydrogens (tertiary/aromatic N) is 2. The number of amides is 2. The molecule has 3 aromatic rings. The van der Waals surface area contributed by atoms with Crippen molar-refractivity contribution in [2.45, 2.75) is 17.6 Å². The summed E-state index contributed by atoms with van der Waals surface area (Å²) in [6.45, 7) is 0. The lowest BCUT2D eigenvalue weighted by molar-refractivity contribution is -0.384. The van der Waals surface area contributed by atoms with Gasteiger partial charge in [0.1, 0.15) is 0 Å². The molecule has 0 N–H and O–H groups in total. The molecule has 1 saturated heterocycles. The summed E-state index contributed by atoms with van der Waals surface area (Å²) < 4.78 is 11.7. The maximum atomic E-state index is 14.2. The van der Waals surface area contributed by atoms with Crippen molar-refractivity contribution < 1.29 is 24.0 Å². The van der Waals surface area contributed by atoms with Crippen LogP contribution in [0.3, 0.4) is 0 Å². The Kier molecular flexibility index (Phi) is 4.67. The molecular formula is C27H22N2O6. The zero-order chi connectivity index (χ0) is 24.5. The maximum Gasteiger partial charge on any atom is 0.269 e. The molecule has 4 aliphatic rings. The second kappa shape index (κ2) is 7.56. The van der Waals surface area contributed by atoms with Gasteiger partial charge in [-0.3, -0.25) is 19.7 Å². The number of carbonyl (C=O) groups is 2. The third-order valence-corrected chi connectivity index (χ3v) is 7.80. The zero-order valence-corrected chi connectivity index (χ0v) is 19.1. The van der Waals surface area contributed by atoms with Crippen LogP contribution in [-0.2, 0) is 24.5 Å². The van der Waals surface area contributed by atoms with Crippen molar-refractivity contribution in [3.05, 3.63) is 105 Å². The maximum absolute atomic E-state index is 14.2. The summed E-state index contributed by atoms with van der Waals surface area (Å²) in [6, 6.07) is 21.2. The molecule has 1 heterocycles. The van der Waals surface area contributed by atoms with Crippen LogP contribution in [-0.4, -0.2) is 37.2 Å². The summed E-state index contributed by atoms with van der Waals surface area (Å²) in [5.41, 5.74) is 2.97. The molecule has 2 atom stereocenters. The minimum atomic E-state index is -1.04. The largest absolute Gasteiger partial charge is 0.355 e. The number of non-ortho nitro benzene ring substituents is 1. The van der Waals surface area contributed by atoms with Gasteiger partial charge < -0.3 is 9.47 Å². The van der Waals surface area contributed by atoms with Crippen molar-refractivity contribution in [3.63, 3.8) is 0 Å². The van der Waals surface area contributed by atoms with Gasteiger partial charge in [-0.25, -0.2) is 4.90 Å². The van der Waals surface area contributed by atoms with Crippen LogP contribution in [0.4, 0.5) is 11.4 Å². The predicted molar refractivity (Wildman–Crippen MR) is 126 cm³/mol. The molecule has 3 aliphatic carbocycles. The van der Waals surface area contributed by atoms with E-state index >= 15 is 0 Å². The quantitative estimate of drug-likeness (QED) is 0.244. The third-order valence-electron chi connectivity index (χ3n) is 7.80. The van der Waals surface area contributed by atoms with E-state index in [1.807, 2.05) is 48.5 Å². The molecule has 3 aromatic carbocycles. The number of nitro groups is 1. The Morgan fingerprint density at radius 1 is 0.857 bits per heavy atom.